The molecule has 0 atom stereocenters. The number of carbonyl (C=O) groups is 1. The highest BCUT2D eigenvalue weighted by atomic mass is 35.5. The average molecular weight is 537 g/mol. The molecule has 1 aromatic heterocycles. The number of carbonyl (C=O) groups excluding carboxylic acids is 1. The normalized spacial score (nSPS) is 11.1. The van der Waals surface area contributed by atoms with Gasteiger partial charge < -0.3 is 21.3 Å². The van der Waals surface area contributed by atoms with E-state index in [1.54, 1.807) is 12.1 Å². The third-order valence-corrected chi connectivity index (χ3v) is 6.61. The van der Waals surface area contributed by atoms with Gasteiger partial charge >= 0.3 is 0 Å². The second-order valence-corrected chi connectivity index (χ2v) is 9.89. The molecule has 7 nitrogen and oxygen atoms in total. The molecule has 5 rings (SSSR count). The number of nitrogens with one attached hydrogen (secondary N) is 2. The van der Waals surface area contributed by atoms with Gasteiger partial charge in [0.25, 0.3) is 5.91 Å². The smallest absolute Gasteiger partial charge is 0.255 e. The number of nitrogens with zero attached hydrogens (tertiary/aromatic N) is 3. The molecule has 0 fully saturated rings. The van der Waals surface area contributed by atoms with Crippen LogP contribution in [-0.4, -0.2) is 34.9 Å². The maximum absolute atomic E-state index is 13.0. The zero-order valence-electron chi connectivity index (χ0n) is 21.8. The maximum Gasteiger partial charge on any atom is 0.255 e. The fraction of sp³-hybridized carbons (Fsp3) is 0.129. The minimum atomic E-state index is -0.207. The van der Waals surface area contributed by atoms with E-state index in [-0.39, 0.29) is 5.91 Å². The standard InChI is InChI=1S/C31H29ClN6O/c1-38(2)19-20-11-12-22(18-33)28(17-20)35-30(39)21-13-15-23(16-14-21)34-31-36-27-10-6-4-8-25(27)29(37-31)24-7-3-5-9-26(24)32/h3-17H,18-19,33H2,1-2H3,(H,35,39)(H,34,36,37). The van der Waals surface area contributed by atoms with E-state index in [9.17, 15) is 4.79 Å². The van der Waals surface area contributed by atoms with Gasteiger partial charge in [0.15, 0.2) is 0 Å². The number of aromatic nitrogens is 2. The Morgan fingerprint density at radius 1 is 0.923 bits per heavy atom. The van der Waals surface area contributed by atoms with Crippen molar-refractivity contribution in [2.24, 2.45) is 5.73 Å². The van der Waals surface area contributed by atoms with Crippen molar-refractivity contribution in [3.63, 3.8) is 0 Å². The molecule has 0 spiro atoms. The van der Waals surface area contributed by atoms with Gasteiger partial charge in [-0.3, -0.25) is 4.79 Å². The van der Waals surface area contributed by atoms with Crippen LogP contribution in [0.1, 0.15) is 21.5 Å². The zero-order valence-corrected chi connectivity index (χ0v) is 22.5. The van der Waals surface area contributed by atoms with E-state index in [4.69, 9.17) is 22.3 Å². The molecule has 1 heterocycles. The number of rotatable bonds is 8. The fourth-order valence-electron chi connectivity index (χ4n) is 4.40. The van der Waals surface area contributed by atoms with Gasteiger partial charge in [0, 0.05) is 46.0 Å². The van der Waals surface area contributed by atoms with Crippen molar-refractivity contribution in [2.45, 2.75) is 13.1 Å². The summed E-state index contributed by atoms with van der Waals surface area (Å²) in [5.74, 6) is 0.229. The van der Waals surface area contributed by atoms with E-state index >= 15 is 0 Å². The number of amides is 1. The molecule has 0 saturated heterocycles. The number of benzene rings is 4. The first kappa shape index (κ1) is 26.3. The van der Waals surface area contributed by atoms with Crippen LogP contribution < -0.4 is 16.4 Å². The lowest BCUT2D eigenvalue weighted by Crippen LogP contribution is -2.16. The lowest BCUT2D eigenvalue weighted by molar-refractivity contribution is 0.102. The Morgan fingerprint density at radius 2 is 1.67 bits per heavy atom. The fourth-order valence-corrected chi connectivity index (χ4v) is 4.63. The molecule has 0 aliphatic heterocycles. The van der Waals surface area contributed by atoms with Gasteiger partial charge in [-0.1, -0.05) is 60.1 Å². The molecule has 4 aromatic carbocycles. The molecule has 0 aliphatic carbocycles. The minimum absolute atomic E-state index is 0.207. The van der Waals surface area contributed by atoms with Crippen molar-refractivity contribution in [3.05, 3.63) is 113 Å². The Hall–Kier alpha value is -4.30. The third kappa shape index (κ3) is 6.07. The van der Waals surface area contributed by atoms with E-state index in [0.717, 1.165) is 51.2 Å². The van der Waals surface area contributed by atoms with Crippen molar-refractivity contribution < 1.29 is 4.79 Å². The largest absolute Gasteiger partial charge is 0.326 e. The Morgan fingerprint density at radius 3 is 2.41 bits per heavy atom. The minimum Gasteiger partial charge on any atom is -0.326 e. The van der Waals surface area contributed by atoms with Crippen LogP contribution in [0.2, 0.25) is 5.02 Å². The molecule has 196 valence electrons. The Labute approximate surface area is 232 Å². The van der Waals surface area contributed by atoms with E-state index in [0.29, 0.717) is 23.1 Å². The summed E-state index contributed by atoms with van der Waals surface area (Å²) in [6, 6.07) is 28.6. The van der Waals surface area contributed by atoms with Gasteiger partial charge in [-0.2, -0.15) is 0 Å². The van der Waals surface area contributed by atoms with Crippen molar-refractivity contribution in [3.8, 4) is 11.3 Å². The van der Waals surface area contributed by atoms with Crippen LogP contribution >= 0.6 is 11.6 Å². The summed E-state index contributed by atoms with van der Waals surface area (Å²) in [5, 5.41) is 7.81. The van der Waals surface area contributed by atoms with E-state index < -0.39 is 0 Å². The van der Waals surface area contributed by atoms with Crippen molar-refractivity contribution in [1.82, 2.24) is 14.9 Å². The molecule has 0 radical (unpaired) electrons. The molecule has 0 bridgehead atoms. The molecule has 0 unspecified atom stereocenters. The summed E-state index contributed by atoms with van der Waals surface area (Å²) in [4.78, 5) is 24.6. The lowest BCUT2D eigenvalue weighted by Gasteiger charge is -2.15. The summed E-state index contributed by atoms with van der Waals surface area (Å²) >= 11 is 6.50. The second kappa shape index (κ2) is 11.6. The molecule has 1 amide bonds. The highest BCUT2D eigenvalue weighted by Gasteiger charge is 2.14. The Kier molecular flexibility index (Phi) is 7.84. The summed E-state index contributed by atoms with van der Waals surface area (Å²) in [6.07, 6.45) is 0. The van der Waals surface area contributed by atoms with Gasteiger partial charge in [0.05, 0.1) is 11.2 Å². The number of hydrogen-bond acceptors (Lipinski definition) is 6. The highest BCUT2D eigenvalue weighted by Crippen LogP contribution is 2.32. The maximum atomic E-state index is 13.0. The molecule has 39 heavy (non-hydrogen) atoms. The summed E-state index contributed by atoms with van der Waals surface area (Å²) < 4.78 is 0. The number of halogens is 1. The number of fused-ring (bicyclic) bond motifs is 1. The summed E-state index contributed by atoms with van der Waals surface area (Å²) in [5.41, 5.74) is 12.3. The van der Waals surface area contributed by atoms with Crippen molar-refractivity contribution in [2.75, 3.05) is 24.7 Å². The Bertz CT molecular complexity index is 1630. The zero-order chi connectivity index (χ0) is 27.4. The van der Waals surface area contributed by atoms with Crippen LogP contribution in [0.4, 0.5) is 17.3 Å². The number of hydrogen-bond donors (Lipinski definition) is 3. The average Bonchev–Trinajstić information content (AvgIpc) is 2.93. The monoisotopic (exact) mass is 536 g/mol. The highest BCUT2D eigenvalue weighted by molar-refractivity contribution is 6.33. The first-order valence-electron chi connectivity index (χ1n) is 12.6. The van der Waals surface area contributed by atoms with E-state index in [1.807, 2.05) is 93.0 Å². The Balaban J connectivity index is 1.37. The van der Waals surface area contributed by atoms with Crippen LogP contribution in [0.5, 0.6) is 0 Å². The first-order chi connectivity index (χ1) is 18.9. The topological polar surface area (TPSA) is 96.2 Å². The summed E-state index contributed by atoms with van der Waals surface area (Å²) in [6.45, 7) is 1.10. The molecule has 0 saturated carbocycles. The lowest BCUT2D eigenvalue weighted by atomic mass is 10.1. The van der Waals surface area contributed by atoms with Crippen LogP contribution in [0.3, 0.4) is 0 Å². The number of para-hydroxylation sites is 1. The quantitative estimate of drug-likeness (QED) is 0.210. The van der Waals surface area contributed by atoms with Crippen LogP contribution in [0.15, 0.2) is 91.0 Å². The van der Waals surface area contributed by atoms with Crippen molar-refractivity contribution in [1.29, 1.82) is 0 Å². The molecular formula is C31H29ClN6O. The molecule has 5 aromatic rings. The van der Waals surface area contributed by atoms with Gasteiger partial charge in [-0.15, -0.1) is 0 Å². The predicted molar refractivity (Wildman–Crippen MR) is 159 cm³/mol. The van der Waals surface area contributed by atoms with Gasteiger partial charge in [0.1, 0.15) is 0 Å². The molecule has 8 heteroatoms. The van der Waals surface area contributed by atoms with Crippen LogP contribution in [-0.2, 0) is 13.1 Å². The molecule has 0 aliphatic rings. The molecular weight excluding hydrogens is 508 g/mol. The van der Waals surface area contributed by atoms with Gasteiger partial charge in [-0.25, -0.2) is 9.97 Å². The van der Waals surface area contributed by atoms with Crippen molar-refractivity contribution >= 4 is 45.7 Å². The van der Waals surface area contributed by atoms with E-state index in [2.05, 4.69) is 20.5 Å². The van der Waals surface area contributed by atoms with Crippen LogP contribution in [0.25, 0.3) is 22.2 Å². The van der Waals surface area contributed by atoms with Gasteiger partial charge in [0.2, 0.25) is 5.95 Å². The SMILES string of the molecule is CN(C)Cc1ccc(CN)c(NC(=O)c2ccc(Nc3nc(-c4ccccc4Cl)c4ccccc4n3)cc2)c1. The predicted octanol–water partition coefficient (Wildman–Crippen LogP) is 6.47. The molecule has 4 N–H and O–H groups in total. The third-order valence-electron chi connectivity index (χ3n) is 6.28. The first-order valence-corrected chi connectivity index (χ1v) is 13.0. The second-order valence-electron chi connectivity index (χ2n) is 9.48. The summed E-state index contributed by atoms with van der Waals surface area (Å²) in [7, 11) is 4.01. The van der Waals surface area contributed by atoms with Crippen LogP contribution in [0, 0.1) is 0 Å². The van der Waals surface area contributed by atoms with E-state index in [1.165, 1.54) is 0 Å². The number of nitrogens with two attached hydrogens (primary N) is 1. The van der Waals surface area contributed by atoms with Gasteiger partial charge in [-0.05, 0) is 67.7 Å². The number of anilines is 3.